The number of fused-ring (bicyclic) bond motifs is 1. The number of hydrogen-bond acceptors (Lipinski definition) is 4. The van der Waals surface area contributed by atoms with Crippen LogP contribution < -0.4 is 10.6 Å². The van der Waals surface area contributed by atoms with Crippen LogP contribution in [0.4, 0.5) is 0 Å². The van der Waals surface area contributed by atoms with Gasteiger partial charge in [-0.3, -0.25) is 14.7 Å². The monoisotopic (exact) mass is 529 g/mol. The molecule has 0 aromatic heterocycles. The van der Waals surface area contributed by atoms with Crippen LogP contribution in [0.5, 0.6) is 0 Å². The number of rotatable bonds is 9. The van der Waals surface area contributed by atoms with Gasteiger partial charge in [0, 0.05) is 52.2 Å². The number of amides is 1. The van der Waals surface area contributed by atoms with Crippen molar-refractivity contribution in [2.75, 3.05) is 52.5 Å². The minimum Gasteiger partial charge on any atom is -0.379 e. The minimum absolute atomic E-state index is 0. The van der Waals surface area contributed by atoms with Gasteiger partial charge in [0.2, 0.25) is 5.91 Å². The van der Waals surface area contributed by atoms with Gasteiger partial charge in [-0.2, -0.15) is 0 Å². The second-order valence-corrected chi connectivity index (χ2v) is 7.62. The van der Waals surface area contributed by atoms with E-state index >= 15 is 0 Å². The molecule has 2 heterocycles. The Bertz CT molecular complexity index is 654. The Morgan fingerprint density at radius 3 is 2.47 bits per heavy atom. The van der Waals surface area contributed by atoms with Crippen molar-refractivity contribution in [2.45, 2.75) is 39.3 Å². The predicted molar refractivity (Wildman–Crippen MR) is 131 cm³/mol. The normalized spacial score (nSPS) is 16.7. The fourth-order valence-corrected chi connectivity index (χ4v) is 3.76. The summed E-state index contributed by atoms with van der Waals surface area (Å²) in [5.41, 5.74) is 2.55. The molecule has 0 unspecified atom stereocenters. The first kappa shape index (κ1) is 24.9. The number of benzene rings is 1. The van der Waals surface area contributed by atoms with Crippen molar-refractivity contribution in [3.63, 3.8) is 0 Å². The number of carbonyl (C=O) groups is 1. The highest BCUT2D eigenvalue weighted by atomic mass is 127. The van der Waals surface area contributed by atoms with E-state index < -0.39 is 0 Å². The van der Waals surface area contributed by atoms with E-state index in [0.717, 1.165) is 77.8 Å². The van der Waals surface area contributed by atoms with Crippen LogP contribution in [0.25, 0.3) is 0 Å². The van der Waals surface area contributed by atoms with Crippen LogP contribution in [0, 0.1) is 0 Å². The third kappa shape index (κ3) is 8.03. The van der Waals surface area contributed by atoms with Gasteiger partial charge in [-0.1, -0.05) is 24.3 Å². The Morgan fingerprint density at radius 1 is 1.10 bits per heavy atom. The van der Waals surface area contributed by atoms with E-state index in [4.69, 9.17) is 4.74 Å². The molecule has 8 heteroatoms. The van der Waals surface area contributed by atoms with Gasteiger partial charge in [0.05, 0.1) is 13.2 Å². The largest absolute Gasteiger partial charge is 0.379 e. The number of nitrogens with zero attached hydrogens (tertiary/aromatic N) is 3. The molecular weight excluding hydrogens is 493 g/mol. The number of nitrogens with one attached hydrogen (secondary N) is 2. The molecule has 2 aliphatic rings. The van der Waals surface area contributed by atoms with Crippen molar-refractivity contribution in [3.8, 4) is 0 Å². The molecule has 0 radical (unpaired) electrons. The van der Waals surface area contributed by atoms with Crippen molar-refractivity contribution >= 4 is 35.8 Å². The first-order chi connectivity index (χ1) is 14.3. The molecule has 0 atom stereocenters. The van der Waals surface area contributed by atoms with Crippen LogP contribution in [0.3, 0.4) is 0 Å². The van der Waals surface area contributed by atoms with Crippen molar-refractivity contribution in [1.29, 1.82) is 0 Å². The van der Waals surface area contributed by atoms with Crippen LogP contribution in [0.2, 0.25) is 0 Å². The maximum Gasteiger partial charge on any atom is 0.223 e. The molecule has 1 fully saturated rings. The smallest absolute Gasteiger partial charge is 0.223 e. The first-order valence-corrected chi connectivity index (χ1v) is 10.9. The maximum atomic E-state index is 12.5. The summed E-state index contributed by atoms with van der Waals surface area (Å²) in [7, 11) is 0. The molecule has 1 aromatic rings. The Kier molecular flexibility index (Phi) is 11.5. The van der Waals surface area contributed by atoms with Gasteiger partial charge in [0.15, 0.2) is 5.96 Å². The zero-order chi connectivity index (χ0) is 20.3. The fraction of sp³-hybridized carbons (Fsp3) is 0.636. The number of ether oxygens (including phenoxy) is 1. The number of hydrogen-bond donors (Lipinski definition) is 2. The Morgan fingerprint density at radius 2 is 1.80 bits per heavy atom. The molecular formula is C22H36IN5O2. The molecule has 0 spiro atoms. The molecule has 1 amide bonds. The summed E-state index contributed by atoms with van der Waals surface area (Å²) < 4.78 is 5.38. The second-order valence-electron chi connectivity index (χ2n) is 7.62. The number of morpholine rings is 1. The zero-order valence-corrected chi connectivity index (χ0v) is 20.4. The summed E-state index contributed by atoms with van der Waals surface area (Å²) in [6.45, 7) is 10.8. The lowest BCUT2D eigenvalue weighted by Gasteiger charge is -2.26. The lowest BCUT2D eigenvalue weighted by atomic mass is 10.1. The highest BCUT2D eigenvalue weighted by molar-refractivity contribution is 14.0. The Labute approximate surface area is 197 Å². The average molecular weight is 529 g/mol. The van der Waals surface area contributed by atoms with Gasteiger partial charge >= 0.3 is 0 Å². The van der Waals surface area contributed by atoms with E-state index in [1.165, 1.54) is 11.1 Å². The quantitative estimate of drug-likeness (QED) is 0.222. The number of halogens is 1. The standard InChI is InChI=1S/C22H35N5O2.HI/c1-2-23-22(25-11-6-12-26-13-15-29-16-14-26)24-10-5-9-21(28)27-17-19-7-3-4-8-20(19)18-27;/h3-4,7-8H,2,5-6,9-18H2,1H3,(H2,23,24,25);1H. The third-order valence-corrected chi connectivity index (χ3v) is 5.40. The van der Waals surface area contributed by atoms with Gasteiger partial charge < -0.3 is 20.3 Å². The number of guanidine groups is 1. The Balaban J connectivity index is 0.00000320. The highest BCUT2D eigenvalue weighted by Crippen LogP contribution is 2.22. The molecule has 3 rings (SSSR count). The minimum atomic E-state index is 0. The zero-order valence-electron chi connectivity index (χ0n) is 18.1. The van der Waals surface area contributed by atoms with Crippen molar-refractivity contribution in [2.24, 2.45) is 4.99 Å². The van der Waals surface area contributed by atoms with Gasteiger partial charge in [-0.15, -0.1) is 24.0 Å². The summed E-state index contributed by atoms with van der Waals surface area (Å²) >= 11 is 0. The lowest BCUT2D eigenvalue weighted by molar-refractivity contribution is -0.131. The highest BCUT2D eigenvalue weighted by Gasteiger charge is 2.22. The predicted octanol–water partition coefficient (Wildman–Crippen LogP) is 2.20. The van der Waals surface area contributed by atoms with Crippen LogP contribution in [0.15, 0.2) is 29.3 Å². The molecule has 1 saturated heterocycles. The van der Waals surface area contributed by atoms with Crippen LogP contribution in [-0.2, 0) is 22.6 Å². The Hall–Kier alpha value is -1.39. The number of aliphatic imine (C=N–C) groups is 1. The van der Waals surface area contributed by atoms with Crippen LogP contribution in [-0.4, -0.2) is 74.1 Å². The summed E-state index contributed by atoms with van der Waals surface area (Å²) in [4.78, 5) is 21.5. The molecule has 2 N–H and O–H groups in total. The van der Waals surface area contributed by atoms with Crippen molar-refractivity contribution in [1.82, 2.24) is 20.4 Å². The lowest BCUT2D eigenvalue weighted by Crippen LogP contribution is -2.40. The van der Waals surface area contributed by atoms with E-state index in [-0.39, 0.29) is 29.9 Å². The molecule has 30 heavy (non-hydrogen) atoms. The summed E-state index contributed by atoms with van der Waals surface area (Å²) in [5.74, 6) is 1.07. The second kappa shape index (κ2) is 13.8. The van der Waals surface area contributed by atoms with Gasteiger partial charge in [0.1, 0.15) is 0 Å². The molecule has 1 aromatic carbocycles. The molecule has 2 aliphatic heterocycles. The summed E-state index contributed by atoms with van der Waals surface area (Å²) in [6, 6.07) is 8.30. The number of carbonyl (C=O) groups excluding carboxylic acids is 1. The van der Waals surface area contributed by atoms with Gasteiger partial charge in [-0.05, 0) is 37.4 Å². The van der Waals surface area contributed by atoms with Crippen molar-refractivity contribution < 1.29 is 9.53 Å². The third-order valence-electron chi connectivity index (χ3n) is 5.40. The van der Waals surface area contributed by atoms with E-state index in [1.807, 2.05) is 17.0 Å². The molecule has 0 saturated carbocycles. The van der Waals surface area contributed by atoms with Gasteiger partial charge in [-0.25, -0.2) is 0 Å². The summed E-state index contributed by atoms with van der Waals surface area (Å²) in [5, 5.41) is 6.69. The molecule has 0 aliphatic carbocycles. The van der Waals surface area contributed by atoms with Gasteiger partial charge in [0.25, 0.3) is 0 Å². The first-order valence-electron chi connectivity index (χ1n) is 10.9. The summed E-state index contributed by atoms with van der Waals surface area (Å²) in [6.07, 6.45) is 2.41. The van der Waals surface area contributed by atoms with Crippen LogP contribution in [0.1, 0.15) is 37.3 Å². The average Bonchev–Trinajstić information content (AvgIpc) is 3.19. The topological polar surface area (TPSA) is 69.2 Å². The molecule has 168 valence electrons. The maximum absolute atomic E-state index is 12.5. The van der Waals surface area contributed by atoms with E-state index in [0.29, 0.717) is 13.0 Å². The van der Waals surface area contributed by atoms with Crippen molar-refractivity contribution in [3.05, 3.63) is 35.4 Å². The molecule has 7 nitrogen and oxygen atoms in total. The van der Waals surface area contributed by atoms with E-state index in [1.54, 1.807) is 0 Å². The fourth-order valence-electron chi connectivity index (χ4n) is 3.76. The SMILES string of the molecule is CCNC(=NCCCC(=O)N1Cc2ccccc2C1)NCCCN1CCOCC1.I. The van der Waals surface area contributed by atoms with Crippen LogP contribution >= 0.6 is 24.0 Å². The van der Waals surface area contributed by atoms with E-state index in [9.17, 15) is 4.79 Å². The molecule has 0 bridgehead atoms. The van der Waals surface area contributed by atoms with E-state index in [2.05, 4.69) is 39.6 Å².